The van der Waals surface area contributed by atoms with Crippen molar-refractivity contribution in [2.24, 2.45) is 11.7 Å². The first-order valence-electron chi connectivity index (χ1n) is 6.25. The minimum Gasteiger partial charge on any atom is -0.480 e. The van der Waals surface area contributed by atoms with E-state index in [0.29, 0.717) is 18.8 Å². The summed E-state index contributed by atoms with van der Waals surface area (Å²) in [4.78, 5) is 23.0. The molecule has 5 nitrogen and oxygen atoms in total. The fraction of sp³-hybridized carbons (Fsp3) is 0.833. The van der Waals surface area contributed by atoms with Crippen LogP contribution in [0.1, 0.15) is 46.0 Å². The van der Waals surface area contributed by atoms with Gasteiger partial charge in [-0.25, -0.2) is 4.79 Å². The van der Waals surface area contributed by atoms with Gasteiger partial charge >= 0.3 is 5.97 Å². The van der Waals surface area contributed by atoms with Crippen LogP contribution in [0.2, 0.25) is 0 Å². The molecular formula is C12H22N2O3. The van der Waals surface area contributed by atoms with Crippen LogP contribution in [0.15, 0.2) is 0 Å². The van der Waals surface area contributed by atoms with Gasteiger partial charge in [0.1, 0.15) is 5.54 Å². The maximum atomic E-state index is 11.8. The lowest BCUT2D eigenvalue weighted by Gasteiger charge is -2.28. The number of amides is 1. The number of carbonyl (C=O) groups is 2. The molecule has 4 N–H and O–H groups in total. The highest BCUT2D eigenvalue weighted by molar-refractivity contribution is 5.87. The average molecular weight is 242 g/mol. The Kier molecular flexibility index (Phi) is 4.51. The Labute approximate surface area is 102 Å². The van der Waals surface area contributed by atoms with Crippen molar-refractivity contribution < 1.29 is 14.7 Å². The van der Waals surface area contributed by atoms with E-state index in [9.17, 15) is 14.7 Å². The molecule has 1 fully saturated rings. The summed E-state index contributed by atoms with van der Waals surface area (Å²) in [5, 5.41) is 11.8. The van der Waals surface area contributed by atoms with Gasteiger partial charge in [0.05, 0.1) is 0 Å². The predicted molar refractivity (Wildman–Crippen MR) is 64.4 cm³/mol. The number of carboxylic acid groups (broad SMARTS) is 1. The van der Waals surface area contributed by atoms with Crippen LogP contribution < -0.4 is 11.1 Å². The smallest absolute Gasteiger partial charge is 0.329 e. The normalized spacial score (nSPS) is 17.6. The van der Waals surface area contributed by atoms with Crippen LogP contribution in [0.5, 0.6) is 0 Å². The topological polar surface area (TPSA) is 92.4 Å². The summed E-state index contributed by atoms with van der Waals surface area (Å²) < 4.78 is 0. The van der Waals surface area contributed by atoms with Crippen molar-refractivity contribution in [2.75, 3.05) is 0 Å². The van der Waals surface area contributed by atoms with Gasteiger partial charge in [-0.3, -0.25) is 4.79 Å². The fourth-order valence-corrected chi connectivity index (χ4v) is 2.01. The summed E-state index contributed by atoms with van der Waals surface area (Å²) in [6.45, 7) is 3.53. The molecule has 0 bridgehead atoms. The highest BCUT2D eigenvalue weighted by atomic mass is 16.4. The Morgan fingerprint density at radius 2 is 1.94 bits per heavy atom. The van der Waals surface area contributed by atoms with Crippen molar-refractivity contribution in [1.82, 2.24) is 5.32 Å². The minimum atomic E-state index is -1.14. The lowest BCUT2D eigenvalue weighted by atomic mass is 9.92. The van der Waals surface area contributed by atoms with E-state index in [1.807, 2.05) is 0 Å². The number of nitrogens with one attached hydrogen (secondary N) is 1. The van der Waals surface area contributed by atoms with E-state index in [4.69, 9.17) is 5.73 Å². The van der Waals surface area contributed by atoms with Gasteiger partial charge in [0.15, 0.2) is 0 Å². The zero-order valence-corrected chi connectivity index (χ0v) is 10.5. The second kappa shape index (κ2) is 5.49. The van der Waals surface area contributed by atoms with Gasteiger partial charge < -0.3 is 16.2 Å². The lowest BCUT2D eigenvalue weighted by Crippen LogP contribution is -2.54. The molecule has 0 aliphatic heterocycles. The third kappa shape index (κ3) is 3.43. The first-order valence-corrected chi connectivity index (χ1v) is 6.25. The lowest BCUT2D eigenvalue weighted by molar-refractivity contribution is -0.148. The number of aliphatic carboxylic acids is 1. The van der Waals surface area contributed by atoms with Crippen LogP contribution in [-0.2, 0) is 9.59 Å². The third-order valence-corrected chi connectivity index (χ3v) is 3.64. The van der Waals surface area contributed by atoms with E-state index in [2.05, 4.69) is 5.32 Å². The molecule has 0 radical (unpaired) electrons. The van der Waals surface area contributed by atoms with Crippen LogP contribution in [0.3, 0.4) is 0 Å². The number of carbonyl (C=O) groups excluding carboxylic acids is 1. The molecule has 1 rings (SSSR count). The second-order valence-corrected chi connectivity index (χ2v) is 4.85. The summed E-state index contributed by atoms with van der Waals surface area (Å²) in [5.41, 5.74) is 4.71. The predicted octanol–water partition coefficient (Wildman–Crippen LogP) is 0.873. The molecule has 98 valence electrons. The van der Waals surface area contributed by atoms with Crippen LogP contribution in [0.25, 0.3) is 0 Å². The molecule has 1 aliphatic rings. The molecule has 0 aromatic heterocycles. The molecule has 0 aromatic rings. The van der Waals surface area contributed by atoms with E-state index in [1.165, 1.54) is 0 Å². The molecule has 0 heterocycles. The number of hydrogen-bond acceptors (Lipinski definition) is 3. The third-order valence-electron chi connectivity index (χ3n) is 3.64. The number of rotatable bonds is 7. The van der Waals surface area contributed by atoms with Crippen molar-refractivity contribution in [3.8, 4) is 0 Å². The van der Waals surface area contributed by atoms with Crippen molar-refractivity contribution in [3.63, 3.8) is 0 Å². The zero-order valence-electron chi connectivity index (χ0n) is 10.5. The van der Waals surface area contributed by atoms with E-state index in [-0.39, 0.29) is 18.4 Å². The van der Waals surface area contributed by atoms with Gasteiger partial charge in [-0.1, -0.05) is 13.8 Å². The molecule has 0 spiro atoms. The molecule has 1 unspecified atom stereocenters. The number of carboxylic acids is 1. The molecule has 17 heavy (non-hydrogen) atoms. The summed E-state index contributed by atoms with van der Waals surface area (Å²) in [6.07, 6.45) is 3.15. The van der Waals surface area contributed by atoms with Gasteiger partial charge in [0.2, 0.25) is 5.91 Å². The van der Waals surface area contributed by atoms with E-state index < -0.39 is 11.5 Å². The fourth-order valence-electron chi connectivity index (χ4n) is 2.01. The molecule has 0 saturated heterocycles. The van der Waals surface area contributed by atoms with Gasteiger partial charge in [0.25, 0.3) is 0 Å². The Balaban J connectivity index is 2.54. The molecule has 1 saturated carbocycles. The SMILES string of the molecule is CCC(CC)(NC(=O)CC(N)C1CC1)C(=O)O. The van der Waals surface area contributed by atoms with E-state index in [1.54, 1.807) is 13.8 Å². The Hall–Kier alpha value is -1.10. The summed E-state index contributed by atoms with van der Waals surface area (Å²) >= 11 is 0. The highest BCUT2D eigenvalue weighted by Crippen LogP contribution is 2.32. The monoisotopic (exact) mass is 242 g/mol. The first-order chi connectivity index (χ1) is 7.95. The number of nitrogens with two attached hydrogens (primary N) is 1. The van der Waals surface area contributed by atoms with Crippen molar-refractivity contribution in [1.29, 1.82) is 0 Å². The first kappa shape index (κ1) is 14.0. The molecular weight excluding hydrogens is 220 g/mol. The van der Waals surface area contributed by atoms with Crippen molar-refractivity contribution in [3.05, 3.63) is 0 Å². The highest BCUT2D eigenvalue weighted by Gasteiger charge is 2.37. The Morgan fingerprint density at radius 1 is 1.41 bits per heavy atom. The van der Waals surface area contributed by atoms with Crippen LogP contribution in [0.4, 0.5) is 0 Å². The summed E-state index contributed by atoms with van der Waals surface area (Å²) in [7, 11) is 0. The maximum absolute atomic E-state index is 11.8. The van der Waals surface area contributed by atoms with Crippen molar-refractivity contribution >= 4 is 11.9 Å². The molecule has 1 aliphatic carbocycles. The number of hydrogen-bond donors (Lipinski definition) is 3. The Morgan fingerprint density at radius 3 is 2.29 bits per heavy atom. The van der Waals surface area contributed by atoms with Gasteiger partial charge in [-0.05, 0) is 31.6 Å². The van der Waals surface area contributed by atoms with Gasteiger partial charge in [0, 0.05) is 12.5 Å². The average Bonchev–Trinajstić information content (AvgIpc) is 3.09. The maximum Gasteiger partial charge on any atom is 0.329 e. The van der Waals surface area contributed by atoms with Crippen molar-refractivity contribution in [2.45, 2.75) is 57.5 Å². The molecule has 5 heteroatoms. The molecule has 1 atom stereocenters. The summed E-state index contributed by atoms with van der Waals surface area (Å²) in [6, 6.07) is -0.129. The summed E-state index contributed by atoms with van der Waals surface area (Å²) in [5.74, 6) is -0.783. The minimum absolute atomic E-state index is 0.129. The second-order valence-electron chi connectivity index (χ2n) is 4.85. The molecule has 0 aromatic carbocycles. The quantitative estimate of drug-likeness (QED) is 0.617. The zero-order chi connectivity index (χ0) is 13.1. The van der Waals surface area contributed by atoms with Gasteiger partial charge in [-0.15, -0.1) is 0 Å². The van der Waals surface area contributed by atoms with Crippen LogP contribution in [-0.4, -0.2) is 28.6 Å². The standard InChI is InChI=1S/C12H22N2O3/c1-3-12(4-2,11(16)17)14-10(15)7-9(13)8-5-6-8/h8-9H,3-7,13H2,1-2H3,(H,14,15)(H,16,17). The van der Waals surface area contributed by atoms with Crippen LogP contribution in [0, 0.1) is 5.92 Å². The Bertz CT molecular complexity index is 296. The van der Waals surface area contributed by atoms with E-state index >= 15 is 0 Å². The van der Waals surface area contributed by atoms with E-state index in [0.717, 1.165) is 12.8 Å². The van der Waals surface area contributed by atoms with Crippen LogP contribution >= 0.6 is 0 Å². The largest absolute Gasteiger partial charge is 0.480 e. The van der Waals surface area contributed by atoms with Gasteiger partial charge in [-0.2, -0.15) is 0 Å². The molecule has 1 amide bonds.